The fourth-order valence-electron chi connectivity index (χ4n) is 2.33. The molecule has 1 saturated carbocycles. The first kappa shape index (κ1) is 12.9. The van der Waals surface area contributed by atoms with E-state index in [0.717, 1.165) is 12.0 Å². The molecule has 1 amide bonds. The Balaban J connectivity index is 1.84. The van der Waals surface area contributed by atoms with Crippen molar-refractivity contribution in [2.75, 3.05) is 0 Å². The average Bonchev–Trinajstić information content (AvgIpc) is 2.33. The highest BCUT2D eigenvalue weighted by Gasteiger charge is 2.49. The van der Waals surface area contributed by atoms with E-state index in [2.05, 4.69) is 5.32 Å². The number of hydrogen-bond acceptors (Lipinski definition) is 2. The van der Waals surface area contributed by atoms with Crippen LogP contribution in [0, 0.1) is 5.41 Å². The van der Waals surface area contributed by atoms with Crippen LogP contribution in [0.1, 0.15) is 25.8 Å². The zero-order valence-electron chi connectivity index (χ0n) is 10.7. The number of amides is 1. The van der Waals surface area contributed by atoms with Gasteiger partial charge in [-0.15, -0.1) is 0 Å². The highest BCUT2D eigenvalue weighted by Crippen LogP contribution is 2.43. The number of carbonyl (C=O) groups is 1. The van der Waals surface area contributed by atoms with Crippen molar-refractivity contribution in [3.8, 4) is 0 Å². The molecule has 0 aliphatic heterocycles. The summed E-state index contributed by atoms with van der Waals surface area (Å²) in [5.74, 6) is 0. The van der Waals surface area contributed by atoms with Crippen molar-refractivity contribution in [2.24, 2.45) is 5.41 Å². The summed E-state index contributed by atoms with van der Waals surface area (Å²) in [5, 5.41) is 11.3. The lowest BCUT2D eigenvalue weighted by Crippen LogP contribution is -2.61. The standard InChI is InChI=1S/C14H19NO3/c1-14(2)11(15-13(16)17)8-12(14)18-9-10-6-4-3-5-7-10/h3-7,11-12,15H,8-9H2,1-2H3,(H,16,17). The first-order chi connectivity index (χ1) is 8.50. The molecule has 4 nitrogen and oxygen atoms in total. The normalized spacial score (nSPS) is 25.2. The largest absolute Gasteiger partial charge is 0.465 e. The maximum Gasteiger partial charge on any atom is 0.404 e. The molecular weight excluding hydrogens is 230 g/mol. The van der Waals surface area contributed by atoms with E-state index in [1.807, 2.05) is 44.2 Å². The number of ether oxygens (including phenoxy) is 1. The second kappa shape index (κ2) is 4.98. The molecule has 1 aromatic rings. The van der Waals surface area contributed by atoms with Crippen molar-refractivity contribution in [2.45, 2.75) is 39.0 Å². The summed E-state index contributed by atoms with van der Waals surface area (Å²) in [4.78, 5) is 10.6. The molecule has 1 aliphatic rings. The van der Waals surface area contributed by atoms with Crippen LogP contribution in [-0.4, -0.2) is 23.3 Å². The Morgan fingerprint density at radius 2 is 2.11 bits per heavy atom. The molecule has 2 N–H and O–H groups in total. The molecule has 4 heteroatoms. The lowest BCUT2D eigenvalue weighted by Gasteiger charge is -2.51. The molecule has 2 atom stereocenters. The van der Waals surface area contributed by atoms with E-state index in [9.17, 15) is 4.79 Å². The van der Waals surface area contributed by atoms with Crippen LogP contribution in [0.4, 0.5) is 4.79 Å². The maximum absolute atomic E-state index is 10.6. The molecule has 1 aliphatic carbocycles. The maximum atomic E-state index is 10.6. The fraction of sp³-hybridized carbons (Fsp3) is 0.500. The third-order valence-corrected chi connectivity index (χ3v) is 3.77. The predicted molar refractivity (Wildman–Crippen MR) is 68.4 cm³/mol. The number of hydrogen-bond donors (Lipinski definition) is 2. The number of benzene rings is 1. The van der Waals surface area contributed by atoms with Crippen molar-refractivity contribution in [1.82, 2.24) is 5.32 Å². The van der Waals surface area contributed by atoms with Crippen molar-refractivity contribution in [3.63, 3.8) is 0 Å². The van der Waals surface area contributed by atoms with Gasteiger partial charge in [-0.25, -0.2) is 4.79 Å². The second-order valence-corrected chi connectivity index (χ2v) is 5.34. The Morgan fingerprint density at radius 3 is 2.67 bits per heavy atom. The van der Waals surface area contributed by atoms with Gasteiger partial charge in [-0.05, 0) is 12.0 Å². The van der Waals surface area contributed by atoms with Gasteiger partial charge in [0.1, 0.15) is 0 Å². The lowest BCUT2D eigenvalue weighted by molar-refractivity contribution is -0.122. The summed E-state index contributed by atoms with van der Waals surface area (Å²) in [7, 11) is 0. The monoisotopic (exact) mass is 249 g/mol. The number of carboxylic acid groups (broad SMARTS) is 1. The van der Waals surface area contributed by atoms with Gasteiger partial charge in [0, 0.05) is 11.5 Å². The Kier molecular flexibility index (Phi) is 3.57. The van der Waals surface area contributed by atoms with Crippen LogP contribution in [0.25, 0.3) is 0 Å². The first-order valence-electron chi connectivity index (χ1n) is 6.15. The third kappa shape index (κ3) is 2.64. The molecule has 18 heavy (non-hydrogen) atoms. The fourth-order valence-corrected chi connectivity index (χ4v) is 2.33. The Morgan fingerprint density at radius 1 is 1.44 bits per heavy atom. The van der Waals surface area contributed by atoms with Crippen molar-refractivity contribution in [3.05, 3.63) is 35.9 Å². The smallest absolute Gasteiger partial charge is 0.404 e. The molecule has 0 radical (unpaired) electrons. The van der Waals surface area contributed by atoms with Crippen LogP contribution < -0.4 is 5.32 Å². The Hall–Kier alpha value is -1.55. The van der Waals surface area contributed by atoms with Crippen LogP contribution in [-0.2, 0) is 11.3 Å². The minimum Gasteiger partial charge on any atom is -0.465 e. The predicted octanol–water partition coefficient (Wildman–Crippen LogP) is 2.64. The molecule has 0 saturated heterocycles. The van der Waals surface area contributed by atoms with Gasteiger partial charge in [-0.3, -0.25) is 0 Å². The van der Waals surface area contributed by atoms with E-state index in [4.69, 9.17) is 9.84 Å². The minimum atomic E-state index is -0.963. The van der Waals surface area contributed by atoms with Crippen LogP contribution in [0.5, 0.6) is 0 Å². The zero-order chi connectivity index (χ0) is 13.2. The van der Waals surface area contributed by atoms with Crippen LogP contribution in [0.2, 0.25) is 0 Å². The molecule has 2 rings (SSSR count). The van der Waals surface area contributed by atoms with E-state index in [1.54, 1.807) is 0 Å². The van der Waals surface area contributed by atoms with Gasteiger partial charge in [-0.1, -0.05) is 44.2 Å². The molecular formula is C14H19NO3. The van der Waals surface area contributed by atoms with Crippen molar-refractivity contribution in [1.29, 1.82) is 0 Å². The lowest BCUT2D eigenvalue weighted by atomic mass is 9.64. The van der Waals surface area contributed by atoms with Gasteiger partial charge in [0.05, 0.1) is 12.7 Å². The van der Waals surface area contributed by atoms with Gasteiger partial charge in [0.25, 0.3) is 0 Å². The molecule has 0 bridgehead atoms. The van der Waals surface area contributed by atoms with Gasteiger partial charge in [0.15, 0.2) is 0 Å². The van der Waals surface area contributed by atoms with Crippen LogP contribution in [0.15, 0.2) is 30.3 Å². The van der Waals surface area contributed by atoms with Crippen LogP contribution >= 0.6 is 0 Å². The highest BCUT2D eigenvalue weighted by atomic mass is 16.5. The van der Waals surface area contributed by atoms with Gasteiger partial charge < -0.3 is 15.2 Å². The SMILES string of the molecule is CC1(C)C(NC(=O)O)CC1OCc1ccccc1. The summed E-state index contributed by atoms with van der Waals surface area (Å²) in [6, 6.07) is 9.98. The number of rotatable bonds is 4. The highest BCUT2D eigenvalue weighted by molar-refractivity contribution is 5.65. The van der Waals surface area contributed by atoms with E-state index in [1.165, 1.54) is 0 Å². The molecule has 0 heterocycles. The van der Waals surface area contributed by atoms with Gasteiger partial charge >= 0.3 is 6.09 Å². The summed E-state index contributed by atoms with van der Waals surface area (Å²) in [5.41, 5.74) is 0.996. The van der Waals surface area contributed by atoms with E-state index < -0.39 is 6.09 Å². The Bertz CT molecular complexity index is 416. The van der Waals surface area contributed by atoms with Crippen LogP contribution in [0.3, 0.4) is 0 Å². The molecule has 1 aromatic carbocycles. The molecule has 0 spiro atoms. The molecule has 2 unspecified atom stereocenters. The average molecular weight is 249 g/mol. The van der Waals surface area contributed by atoms with Crippen molar-refractivity contribution >= 4 is 6.09 Å². The van der Waals surface area contributed by atoms with E-state index >= 15 is 0 Å². The molecule has 1 fully saturated rings. The zero-order valence-corrected chi connectivity index (χ0v) is 10.7. The number of nitrogens with one attached hydrogen (secondary N) is 1. The topological polar surface area (TPSA) is 58.6 Å². The summed E-state index contributed by atoms with van der Waals surface area (Å²) < 4.78 is 5.86. The molecule has 0 aromatic heterocycles. The summed E-state index contributed by atoms with van der Waals surface area (Å²) in [6.45, 7) is 4.65. The molecule has 98 valence electrons. The summed E-state index contributed by atoms with van der Waals surface area (Å²) >= 11 is 0. The van der Waals surface area contributed by atoms with E-state index in [-0.39, 0.29) is 17.6 Å². The second-order valence-electron chi connectivity index (χ2n) is 5.34. The van der Waals surface area contributed by atoms with Gasteiger partial charge in [0.2, 0.25) is 0 Å². The van der Waals surface area contributed by atoms with Gasteiger partial charge in [-0.2, -0.15) is 0 Å². The van der Waals surface area contributed by atoms with E-state index in [0.29, 0.717) is 6.61 Å². The third-order valence-electron chi connectivity index (χ3n) is 3.77. The Labute approximate surface area is 107 Å². The minimum absolute atomic E-state index is 0.0178. The summed E-state index contributed by atoms with van der Waals surface area (Å²) in [6.07, 6.45) is -0.115. The first-order valence-corrected chi connectivity index (χ1v) is 6.15. The van der Waals surface area contributed by atoms with Crippen molar-refractivity contribution < 1.29 is 14.6 Å². The quantitative estimate of drug-likeness (QED) is 0.862.